The van der Waals surface area contributed by atoms with E-state index in [1.807, 2.05) is 0 Å². The Hall–Kier alpha value is -1.06. The van der Waals surface area contributed by atoms with Gasteiger partial charge in [0.15, 0.2) is 0 Å². The first-order valence-electron chi connectivity index (χ1n) is 7.14. The first kappa shape index (κ1) is 14.4. The summed E-state index contributed by atoms with van der Waals surface area (Å²) in [6, 6.07) is 6.78. The lowest BCUT2D eigenvalue weighted by atomic mass is 10.1. The number of aliphatic hydroxyl groups is 1. The predicted molar refractivity (Wildman–Crippen MR) is 80.8 cm³/mol. The molecule has 1 aliphatic rings. The Morgan fingerprint density at radius 1 is 1.21 bits per heavy atom. The Balaban J connectivity index is 2.33. The van der Waals surface area contributed by atoms with Gasteiger partial charge in [-0.05, 0) is 38.4 Å². The average molecular weight is 262 g/mol. The van der Waals surface area contributed by atoms with Crippen LogP contribution in [0.25, 0.3) is 0 Å². The number of benzene rings is 1. The van der Waals surface area contributed by atoms with Crippen LogP contribution in [0.3, 0.4) is 0 Å². The van der Waals surface area contributed by atoms with Crippen molar-refractivity contribution in [1.29, 1.82) is 0 Å². The van der Waals surface area contributed by atoms with E-state index in [0.29, 0.717) is 5.92 Å². The largest absolute Gasteiger partial charge is 0.394 e. The summed E-state index contributed by atoms with van der Waals surface area (Å²) in [4.78, 5) is 4.72. The van der Waals surface area contributed by atoms with Gasteiger partial charge in [-0.25, -0.2) is 0 Å². The minimum absolute atomic E-state index is 0.191. The van der Waals surface area contributed by atoms with Crippen LogP contribution in [-0.4, -0.2) is 49.3 Å². The van der Waals surface area contributed by atoms with Gasteiger partial charge < -0.3 is 14.9 Å². The third-order valence-electron chi connectivity index (χ3n) is 3.97. The fraction of sp³-hybridized carbons (Fsp3) is 0.625. The molecule has 0 saturated carbocycles. The highest BCUT2D eigenvalue weighted by Gasteiger charge is 2.27. The monoisotopic (exact) mass is 262 g/mol. The molecule has 3 nitrogen and oxygen atoms in total. The van der Waals surface area contributed by atoms with Crippen LogP contribution in [0.1, 0.15) is 18.1 Å². The van der Waals surface area contributed by atoms with E-state index in [2.05, 4.69) is 55.8 Å². The van der Waals surface area contributed by atoms with E-state index in [4.69, 9.17) is 0 Å². The number of aliphatic hydroxyl groups excluding tert-OH is 1. The lowest BCUT2D eigenvalue weighted by molar-refractivity contribution is 0.226. The van der Waals surface area contributed by atoms with Crippen molar-refractivity contribution in [3.63, 3.8) is 0 Å². The van der Waals surface area contributed by atoms with Crippen LogP contribution in [-0.2, 0) is 0 Å². The zero-order valence-electron chi connectivity index (χ0n) is 12.6. The summed E-state index contributed by atoms with van der Waals surface area (Å²) < 4.78 is 0. The summed E-state index contributed by atoms with van der Waals surface area (Å²) in [5, 5.41) is 9.73. The maximum atomic E-state index is 9.73. The molecule has 1 saturated heterocycles. The Kier molecular flexibility index (Phi) is 4.48. The fourth-order valence-electron chi connectivity index (χ4n) is 3.19. The Labute approximate surface area is 116 Å². The maximum absolute atomic E-state index is 9.73. The molecule has 1 aromatic rings. The van der Waals surface area contributed by atoms with Gasteiger partial charge in [-0.1, -0.05) is 24.6 Å². The second kappa shape index (κ2) is 5.93. The minimum atomic E-state index is 0.191. The van der Waals surface area contributed by atoms with Crippen LogP contribution in [0.2, 0.25) is 0 Å². The quantitative estimate of drug-likeness (QED) is 0.883. The van der Waals surface area contributed by atoms with Crippen LogP contribution in [0.4, 0.5) is 5.69 Å². The molecule has 3 heteroatoms. The van der Waals surface area contributed by atoms with Crippen molar-refractivity contribution in [2.24, 2.45) is 5.92 Å². The second-order valence-electron chi connectivity index (χ2n) is 6.11. The van der Waals surface area contributed by atoms with Crippen LogP contribution in [0, 0.1) is 19.8 Å². The van der Waals surface area contributed by atoms with E-state index in [-0.39, 0.29) is 12.6 Å². The molecule has 0 aliphatic carbocycles. The Bertz CT molecular complexity index is 433. The molecule has 2 unspecified atom stereocenters. The second-order valence-corrected chi connectivity index (χ2v) is 6.11. The van der Waals surface area contributed by atoms with E-state index in [0.717, 1.165) is 19.6 Å². The zero-order chi connectivity index (χ0) is 14.0. The normalized spacial score (nSPS) is 25.4. The molecule has 19 heavy (non-hydrogen) atoms. The number of nitrogens with zero attached hydrogens (tertiary/aromatic N) is 2. The number of likely N-dealkylation sites (N-methyl/N-ethyl adjacent to an activating group) is 1. The first-order valence-corrected chi connectivity index (χ1v) is 7.14. The van der Waals surface area contributed by atoms with Gasteiger partial charge >= 0.3 is 0 Å². The molecule has 106 valence electrons. The number of anilines is 1. The third-order valence-corrected chi connectivity index (χ3v) is 3.97. The Morgan fingerprint density at radius 3 is 2.58 bits per heavy atom. The Morgan fingerprint density at radius 2 is 1.95 bits per heavy atom. The van der Waals surface area contributed by atoms with Gasteiger partial charge in [-0.3, -0.25) is 0 Å². The third kappa shape index (κ3) is 3.28. The van der Waals surface area contributed by atoms with Crippen molar-refractivity contribution in [1.82, 2.24) is 4.90 Å². The molecule has 1 N–H and O–H groups in total. The smallest absolute Gasteiger partial charge is 0.0648 e. The van der Waals surface area contributed by atoms with Crippen LogP contribution >= 0.6 is 0 Å². The molecule has 1 aliphatic heterocycles. The number of hydrogen-bond acceptors (Lipinski definition) is 3. The standard InChI is InChI=1S/C16H26N2O/c1-12-5-6-16(14(3)7-12)18-9-13(2)8-17(4)10-15(18)11-19/h5-7,13,15,19H,8-11H2,1-4H3. The molecular formula is C16H26N2O. The molecule has 0 spiro atoms. The van der Waals surface area contributed by atoms with E-state index in [1.165, 1.54) is 16.8 Å². The van der Waals surface area contributed by atoms with Crippen molar-refractivity contribution in [3.05, 3.63) is 29.3 Å². The summed E-state index contributed by atoms with van der Waals surface area (Å²) in [5.41, 5.74) is 3.86. The van der Waals surface area contributed by atoms with Crippen LogP contribution in [0.5, 0.6) is 0 Å². The van der Waals surface area contributed by atoms with Crippen molar-refractivity contribution >= 4 is 5.69 Å². The van der Waals surface area contributed by atoms with Gasteiger partial charge in [0.1, 0.15) is 0 Å². The number of hydrogen-bond donors (Lipinski definition) is 1. The molecule has 0 radical (unpaired) electrons. The van der Waals surface area contributed by atoms with Gasteiger partial charge in [-0.2, -0.15) is 0 Å². The molecule has 0 amide bonds. The van der Waals surface area contributed by atoms with E-state index < -0.39 is 0 Å². The van der Waals surface area contributed by atoms with E-state index in [1.54, 1.807) is 0 Å². The molecule has 1 aromatic carbocycles. The zero-order valence-corrected chi connectivity index (χ0v) is 12.6. The topological polar surface area (TPSA) is 26.7 Å². The van der Waals surface area contributed by atoms with Crippen LogP contribution in [0.15, 0.2) is 18.2 Å². The van der Waals surface area contributed by atoms with Gasteiger partial charge in [0.2, 0.25) is 0 Å². The van der Waals surface area contributed by atoms with Gasteiger partial charge in [0.05, 0.1) is 12.6 Å². The molecule has 1 heterocycles. The SMILES string of the molecule is Cc1ccc(N2CC(C)CN(C)CC2CO)c(C)c1. The molecule has 2 rings (SSSR count). The summed E-state index contributed by atoms with van der Waals surface area (Å²) in [5.74, 6) is 0.613. The fourth-order valence-corrected chi connectivity index (χ4v) is 3.19. The maximum Gasteiger partial charge on any atom is 0.0648 e. The number of aryl methyl sites for hydroxylation is 2. The predicted octanol–water partition coefficient (Wildman–Crippen LogP) is 2.05. The molecule has 0 bridgehead atoms. The lowest BCUT2D eigenvalue weighted by Gasteiger charge is -2.33. The van der Waals surface area contributed by atoms with Gasteiger partial charge in [0.25, 0.3) is 0 Å². The molecule has 2 atom stereocenters. The average Bonchev–Trinajstić information content (AvgIpc) is 2.47. The van der Waals surface area contributed by atoms with Gasteiger partial charge in [-0.15, -0.1) is 0 Å². The highest BCUT2D eigenvalue weighted by molar-refractivity contribution is 5.55. The van der Waals surface area contributed by atoms with Gasteiger partial charge in [0, 0.05) is 25.3 Å². The van der Waals surface area contributed by atoms with Crippen molar-refractivity contribution in [3.8, 4) is 0 Å². The highest BCUT2D eigenvalue weighted by atomic mass is 16.3. The summed E-state index contributed by atoms with van der Waals surface area (Å²) in [7, 11) is 2.14. The molecule has 1 fully saturated rings. The molecule has 0 aromatic heterocycles. The summed E-state index contributed by atoms with van der Waals surface area (Å²) in [6.07, 6.45) is 0. The summed E-state index contributed by atoms with van der Waals surface area (Å²) >= 11 is 0. The molecular weight excluding hydrogens is 236 g/mol. The highest BCUT2D eigenvalue weighted by Crippen LogP contribution is 2.26. The van der Waals surface area contributed by atoms with Crippen LogP contribution < -0.4 is 4.90 Å². The number of rotatable bonds is 2. The summed E-state index contributed by atoms with van der Waals surface area (Å²) in [6.45, 7) is 9.82. The van der Waals surface area contributed by atoms with Crippen molar-refractivity contribution < 1.29 is 5.11 Å². The first-order chi connectivity index (χ1) is 9.01. The van der Waals surface area contributed by atoms with Crippen molar-refractivity contribution in [2.75, 3.05) is 38.2 Å². The van der Waals surface area contributed by atoms with Crippen molar-refractivity contribution in [2.45, 2.75) is 26.8 Å². The lowest BCUT2D eigenvalue weighted by Crippen LogP contribution is -2.43. The van der Waals surface area contributed by atoms with E-state index >= 15 is 0 Å². The van der Waals surface area contributed by atoms with E-state index in [9.17, 15) is 5.11 Å². The minimum Gasteiger partial charge on any atom is -0.394 e.